The summed E-state index contributed by atoms with van der Waals surface area (Å²) in [5.74, 6) is 0. The average molecular weight is 162 g/mol. The SMILES string of the molecule is Cc1c[nH]ccc1=S.Cl. The molecule has 0 atom stereocenters. The minimum absolute atomic E-state index is 0. The minimum Gasteiger partial charge on any atom is -0.367 e. The number of nitrogens with one attached hydrogen (secondary N) is 1. The Kier molecular flexibility index (Phi) is 3.50. The number of H-pyrrole nitrogens is 1. The number of hydrogen-bond acceptors (Lipinski definition) is 1. The monoisotopic (exact) mass is 161 g/mol. The van der Waals surface area contributed by atoms with Crippen LogP contribution in [0.3, 0.4) is 0 Å². The Morgan fingerprint density at radius 1 is 1.56 bits per heavy atom. The molecular formula is C6H8ClNS. The fourth-order valence-electron chi connectivity index (χ4n) is 0.499. The predicted molar refractivity (Wildman–Crippen MR) is 43.6 cm³/mol. The Bertz CT molecular complexity index is 230. The lowest BCUT2D eigenvalue weighted by Gasteiger charge is -1.86. The molecule has 0 radical (unpaired) electrons. The van der Waals surface area contributed by atoms with Crippen LogP contribution in [0.2, 0.25) is 0 Å². The molecule has 1 N–H and O–H groups in total. The first-order valence-corrected chi connectivity index (χ1v) is 2.85. The lowest BCUT2D eigenvalue weighted by atomic mass is 10.3. The molecule has 50 valence electrons. The van der Waals surface area contributed by atoms with Crippen molar-refractivity contribution < 1.29 is 0 Å². The summed E-state index contributed by atoms with van der Waals surface area (Å²) >= 11 is 4.93. The van der Waals surface area contributed by atoms with Crippen molar-refractivity contribution in [2.45, 2.75) is 6.92 Å². The smallest absolute Gasteiger partial charge is 0.0435 e. The van der Waals surface area contributed by atoms with E-state index in [-0.39, 0.29) is 12.4 Å². The van der Waals surface area contributed by atoms with Crippen molar-refractivity contribution in [3.63, 3.8) is 0 Å². The summed E-state index contributed by atoms with van der Waals surface area (Å²) in [6.45, 7) is 1.98. The van der Waals surface area contributed by atoms with Crippen molar-refractivity contribution in [1.82, 2.24) is 4.98 Å². The first-order valence-electron chi connectivity index (χ1n) is 2.44. The Morgan fingerprint density at radius 2 is 2.22 bits per heavy atom. The molecule has 1 rings (SSSR count). The molecule has 0 fully saturated rings. The van der Waals surface area contributed by atoms with Crippen LogP contribution in [0.4, 0.5) is 0 Å². The molecule has 1 aromatic rings. The van der Waals surface area contributed by atoms with E-state index in [1.807, 2.05) is 25.4 Å². The molecule has 0 aromatic carbocycles. The van der Waals surface area contributed by atoms with E-state index in [0.29, 0.717) is 0 Å². The molecule has 1 heterocycles. The molecule has 0 saturated heterocycles. The maximum atomic E-state index is 4.93. The Morgan fingerprint density at radius 3 is 2.56 bits per heavy atom. The first kappa shape index (κ1) is 8.66. The molecule has 0 bridgehead atoms. The van der Waals surface area contributed by atoms with Crippen molar-refractivity contribution in [1.29, 1.82) is 0 Å². The Labute approximate surface area is 65.5 Å². The maximum Gasteiger partial charge on any atom is 0.0435 e. The van der Waals surface area contributed by atoms with Gasteiger partial charge in [-0.05, 0) is 18.6 Å². The van der Waals surface area contributed by atoms with Crippen LogP contribution in [0, 0.1) is 11.4 Å². The van der Waals surface area contributed by atoms with Gasteiger partial charge in [0.2, 0.25) is 0 Å². The van der Waals surface area contributed by atoms with Crippen molar-refractivity contribution >= 4 is 24.6 Å². The van der Waals surface area contributed by atoms with E-state index < -0.39 is 0 Å². The lowest BCUT2D eigenvalue weighted by molar-refractivity contribution is 1.26. The van der Waals surface area contributed by atoms with Crippen LogP contribution in [0.15, 0.2) is 18.5 Å². The van der Waals surface area contributed by atoms with Crippen LogP contribution < -0.4 is 0 Å². The molecular weight excluding hydrogens is 154 g/mol. The van der Waals surface area contributed by atoms with E-state index in [4.69, 9.17) is 12.2 Å². The highest BCUT2D eigenvalue weighted by Gasteiger charge is 1.79. The van der Waals surface area contributed by atoms with E-state index in [1.165, 1.54) is 0 Å². The average Bonchev–Trinajstić information content (AvgIpc) is 1.77. The predicted octanol–water partition coefficient (Wildman–Crippen LogP) is 2.47. The summed E-state index contributed by atoms with van der Waals surface area (Å²) in [6.07, 6.45) is 3.72. The van der Waals surface area contributed by atoms with Crippen LogP contribution in [-0.2, 0) is 0 Å². The number of aromatic nitrogens is 1. The minimum atomic E-state index is 0. The summed E-state index contributed by atoms with van der Waals surface area (Å²) in [5.41, 5.74) is 1.13. The molecule has 0 saturated carbocycles. The third-order valence-corrected chi connectivity index (χ3v) is 1.48. The molecule has 3 heteroatoms. The normalized spacial score (nSPS) is 8.11. The summed E-state index contributed by atoms with van der Waals surface area (Å²) in [6, 6.07) is 1.88. The molecule has 0 aliphatic carbocycles. The quantitative estimate of drug-likeness (QED) is 0.578. The molecule has 1 nitrogen and oxygen atoms in total. The topological polar surface area (TPSA) is 15.8 Å². The first-order chi connectivity index (χ1) is 3.80. The fraction of sp³-hybridized carbons (Fsp3) is 0.167. The molecule has 9 heavy (non-hydrogen) atoms. The number of aromatic amines is 1. The second-order valence-electron chi connectivity index (χ2n) is 1.69. The van der Waals surface area contributed by atoms with Crippen LogP contribution in [-0.4, -0.2) is 4.98 Å². The highest BCUT2D eigenvalue weighted by molar-refractivity contribution is 7.71. The Hall–Kier alpha value is -0.340. The van der Waals surface area contributed by atoms with E-state index >= 15 is 0 Å². The maximum absolute atomic E-state index is 4.93. The molecule has 0 spiro atoms. The van der Waals surface area contributed by atoms with E-state index in [2.05, 4.69) is 4.98 Å². The fourth-order valence-corrected chi connectivity index (χ4v) is 0.626. The van der Waals surface area contributed by atoms with E-state index in [9.17, 15) is 0 Å². The van der Waals surface area contributed by atoms with Crippen LogP contribution >= 0.6 is 24.6 Å². The second kappa shape index (κ2) is 3.64. The van der Waals surface area contributed by atoms with Gasteiger partial charge in [-0.15, -0.1) is 12.4 Å². The zero-order chi connectivity index (χ0) is 5.98. The summed E-state index contributed by atoms with van der Waals surface area (Å²) in [7, 11) is 0. The van der Waals surface area contributed by atoms with Gasteiger partial charge in [-0.2, -0.15) is 0 Å². The number of rotatable bonds is 0. The van der Waals surface area contributed by atoms with Gasteiger partial charge in [-0.1, -0.05) is 12.2 Å². The van der Waals surface area contributed by atoms with E-state index in [0.717, 1.165) is 10.1 Å². The third-order valence-electron chi connectivity index (χ3n) is 1.02. The highest BCUT2D eigenvalue weighted by Crippen LogP contribution is 1.94. The molecule has 1 aromatic heterocycles. The third kappa shape index (κ3) is 2.16. The molecule has 0 aliphatic rings. The zero-order valence-electron chi connectivity index (χ0n) is 5.05. The summed E-state index contributed by atoms with van der Waals surface area (Å²) < 4.78 is 0.920. The summed E-state index contributed by atoms with van der Waals surface area (Å²) in [5, 5.41) is 0. The molecule has 0 amide bonds. The highest BCUT2D eigenvalue weighted by atomic mass is 35.5. The van der Waals surface area contributed by atoms with Gasteiger partial charge in [0.05, 0.1) is 0 Å². The van der Waals surface area contributed by atoms with Crippen molar-refractivity contribution in [2.24, 2.45) is 0 Å². The van der Waals surface area contributed by atoms with Gasteiger partial charge in [0.15, 0.2) is 0 Å². The van der Waals surface area contributed by atoms with Crippen LogP contribution in [0.25, 0.3) is 0 Å². The zero-order valence-corrected chi connectivity index (χ0v) is 6.68. The summed E-state index contributed by atoms with van der Waals surface area (Å²) in [4.78, 5) is 2.93. The van der Waals surface area contributed by atoms with Gasteiger partial charge >= 0.3 is 0 Å². The van der Waals surface area contributed by atoms with Gasteiger partial charge in [-0.25, -0.2) is 0 Å². The largest absolute Gasteiger partial charge is 0.367 e. The van der Waals surface area contributed by atoms with Crippen molar-refractivity contribution in [3.8, 4) is 0 Å². The Balaban J connectivity index is 0.000000640. The number of halogens is 1. The van der Waals surface area contributed by atoms with Gasteiger partial charge in [0, 0.05) is 16.9 Å². The number of pyridine rings is 1. The lowest BCUT2D eigenvalue weighted by Crippen LogP contribution is -1.73. The van der Waals surface area contributed by atoms with Gasteiger partial charge in [0.1, 0.15) is 0 Å². The van der Waals surface area contributed by atoms with E-state index in [1.54, 1.807) is 0 Å². The molecule has 0 aliphatic heterocycles. The van der Waals surface area contributed by atoms with Crippen molar-refractivity contribution in [2.75, 3.05) is 0 Å². The second-order valence-corrected chi connectivity index (χ2v) is 2.13. The number of hydrogen-bond donors (Lipinski definition) is 1. The number of aryl methyl sites for hydroxylation is 1. The molecule has 0 unspecified atom stereocenters. The van der Waals surface area contributed by atoms with Gasteiger partial charge in [-0.3, -0.25) is 0 Å². The standard InChI is InChI=1S/C6H7NS.ClH/c1-5-4-7-3-2-6(5)8;/h2-4H,1H3,(H,7,8);1H. The van der Waals surface area contributed by atoms with Crippen LogP contribution in [0.5, 0.6) is 0 Å². The van der Waals surface area contributed by atoms with Crippen LogP contribution in [0.1, 0.15) is 5.56 Å². The van der Waals surface area contributed by atoms with Gasteiger partial charge in [0.25, 0.3) is 0 Å². The van der Waals surface area contributed by atoms with Crippen molar-refractivity contribution in [3.05, 3.63) is 28.5 Å². The van der Waals surface area contributed by atoms with Gasteiger partial charge < -0.3 is 4.98 Å².